The molecule has 2 heteroatoms. The number of allylic oxidation sites excluding steroid dienone is 2. The van der Waals surface area contributed by atoms with Gasteiger partial charge in [-0.05, 0) is 0 Å². The van der Waals surface area contributed by atoms with Gasteiger partial charge in [-0.1, -0.05) is 0 Å². The van der Waals surface area contributed by atoms with Gasteiger partial charge in [0, 0.05) is 0 Å². The molecule has 0 heterocycles. The summed E-state index contributed by atoms with van der Waals surface area (Å²) in [5, 5.41) is 0. The second-order valence-electron chi connectivity index (χ2n) is 3.04. The minimum atomic E-state index is 0.707. The molecule has 0 spiro atoms. The normalized spacial score (nSPS) is 24.5. The molecule has 0 aliphatic heterocycles. The number of hydrogen-bond donors (Lipinski definition) is 0. The molecule has 0 aromatic rings. The van der Waals surface area contributed by atoms with E-state index in [-0.39, 0.29) is 0 Å². The first-order valence-corrected chi connectivity index (χ1v) is 5.44. The van der Waals surface area contributed by atoms with Crippen LogP contribution in [0.1, 0.15) is 26.2 Å². The molecule has 0 N–H and O–H groups in total. The minimum absolute atomic E-state index is 0.707. The van der Waals surface area contributed by atoms with Crippen molar-refractivity contribution >= 4 is 4.08 Å². The van der Waals surface area contributed by atoms with Crippen LogP contribution in [0.2, 0.25) is 0 Å². The molecule has 0 amide bonds. The summed E-state index contributed by atoms with van der Waals surface area (Å²) >= 11 is 1.49. The zero-order valence-corrected chi connectivity index (χ0v) is 10.0. The third kappa shape index (κ3) is 2.65. The van der Waals surface area contributed by atoms with E-state index in [0.717, 1.165) is 0 Å². The molecule has 0 saturated carbocycles. The number of methoxy groups -OCH3 is 1. The standard InChI is InChI=1S/C9H14O.W/c1-8-3-5-9(6-4-8)7-10-2;/h3,9H,4-6H2,1-2H3;. The van der Waals surface area contributed by atoms with E-state index in [0.29, 0.717) is 5.92 Å². The quantitative estimate of drug-likeness (QED) is 0.707. The molecule has 62 valence electrons. The van der Waals surface area contributed by atoms with E-state index < -0.39 is 0 Å². The van der Waals surface area contributed by atoms with Gasteiger partial charge in [-0.3, -0.25) is 0 Å². The van der Waals surface area contributed by atoms with Crippen LogP contribution < -0.4 is 0 Å². The van der Waals surface area contributed by atoms with Gasteiger partial charge < -0.3 is 0 Å². The first-order valence-electron chi connectivity index (χ1n) is 3.97. The molecule has 1 unspecified atom stereocenters. The first-order chi connectivity index (χ1) is 5.24. The number of ether oxygens (including phenoxy) is 1. The van der Waals surface area contributed by atoms with Gasteiger partial charge in [0.25, 0.3) is 0 Å². The van der Waals surface area contributed by atoms with Crippen LogP contribution in [0.5, 0.6) is 0 Å². The molecule has 0 bridgehead atoms. The average molecular weight is 322 g/mol. The molecule has 0 saturated heterocycles. The molecule has 0 aromatic heterocycles. The fourth-order valence-corrected chi connectivity index (χ4v) is 2.12. The van der Waals surface area contributed by atoms with Crippen molar-refractivity contribution in [3.05, 3.63) is 11.6 Å². The van der Waals surface area contributed by atoms with Crippen LogP contribution in [-0.2, 0) is 24.1 Å². The summed E-state index contributed by atoms with van der Waals surface area (Å²) in [6.07, 6.45) is 6.08. The molecule has 11 heavy (non-hydrogen) atoms. The van der Waals surface area contributed by atoms with Crippen molar-refractivity contribution in [2.45, 2.75) is 26.2 Å². The molecule has 0 radical (unpaired) electrons. The zero-order chi connectivity index (χ0) is 8.27. The van der Waals surface area contributed by atoms with Gasteiger partial charge >= 0.3 is 79.0 Å². The molecule has 1 aliphatic rings. The maximum atomic E-state index is 5.25. The van der Waals surface area contributed by atoms with Gasteiger partial charge in [-0.15, -0.1) is 0 Å². The summed E-state index contributed by atoms with van der Waals surface area (Å²) in [5.74, 6) is 0.707. The summed E-state index contributed by atoms with van der Waals surface area (Å²) in [6.45, 7) is 2.21. The molecular weight excluding hydrogens is 308 g/mol. The Labute approximate surface area is 79.2 Å². The molecule has 0 fully saturated rings. The van der Waals surface area contributed by atoms with Gasteiger partial charge in [-0.2, -0.15) is 0 Å². The molecule has 1 aliphatic carbocycles. The van der Waals surface area contributed by atoms with Crippen molar-refractivity contribution in [3.8, 4) is 0 Å². The predicted octanol–water partition coefficient (Wildman–Crippen LogP) is 2.06. The van der Waals surface area contributed by atoms with Crippen LogP contribution >= 0.6 is 0 Å². The Kier molecular flexibility index (Phi) is 3.68. The van der Waals surface area contributed by atoms with Gasteiger partial charge in [-0.25, -0.2) is 0 Å². The van der Waals surface area contributed by atoms with E-state index in [2.05, 4.69) is 13.0 Å². The van der Waals surface area contributed by atoms with Crippen LogP contribution in [0.15, 0.2) is 11.6 Å². The second-order valence-corrected chi connectivity index (χ2v) is 4.49. The summed E-state index contributed by atoms with van der Waals surface area (Å²) in [7, 11) is 1.79. The van der Waals surface area contributed by atoms with Crippen LogP contribution in [0, 0.1) is 5.92 Å². The van der Waals surface area contributed by atoms with Crippen LogP contribution in [0.4, 0.5) is 0 Å². The predicted molar refractivity (Wildman–Crippen MR) is 43.1 cm³/mol. The third-order valence-corrected chi connectivity index (χ3v) is 3.97. The van der Waals surface area contributed by atoms with Crippen molar-refractivity contribution in [3.63, 3.8) is 0 Å². The monoisotopic (exact) mass is 322 g/mol. The van der Waals surface area contributed by atoms with Gasteiger partial charge in [0.2, 0.25) is 0 Å². The summed E-state index contributed by atoms with van der Waals surface area (Å²) in [5.41, 5.74) is 1.54. The fraction of sp³-hybridized carbons (Fsp3) is 0.667. The van der Waals surface area contributed by atoms with E-state index in [1.165, 1.54) is 42.7 Å². The van der Waals surface area contributed by atoms with E-state index in [1.54, 1.807) is 12.7 Å². The Balaban J connectivity index is 2.47. The van der Waals surface area contributed by atoms with Crippen molar-refractivity contribution in [2.24, 2.45) is 5.92 Å². The molecular formula is C9H14OW. The van der Waals surface area contributed by atoms with Crippen molar-refractivity contribution in [1.82, 2.24) is 0 Å². The number of hydrogen-bond acceptors (Lipinski definition) is 1. The summed E-state index contributed by atoms with van der Waals surface area (Å²) < 4.78 is 6.52. The van der Waals surface area contributed by atoms with Crippen molar-refractivity contribution in [1.29, 1.82) is 0 Å². The SMILES string of the molecule is CO[C](=[W])C1CC=C(C)CC1. The van der Waals surface area contributed by atoms with Crippen molar-refractivity contribution in [2.75, 3.05) is 7.11 Å². The molecule has 1 atom stereocenters. The molecule has 1 nitrogen and oxygen atoms in total. The topological polar surface area (TPSA) is 9.23 Å². The van der Waals surface area contributed by atoms with Crippen LogP contribution in [-0.4, -0.2) is 11.2 Å². The molecule has 0 aromatic carbocycles. The Bertz CT molecular complexity index is 184. The number of rotatable bonds is 2. The third-order valence-electron chi connectivity index (χ3n) is 2.17. The molecule has 1 rings (SSSR count). The summed E-state index contributed by atoms with van der Waals surface area (Å²) in [6, 6.07) is 0. The zero-order valence-electron chi connectivity index (χ0n) is 7.09. The summed E-state index contributed by atoms with van der Waals surface area (Å²) in [4.78, 5) is 0. The first kappa shape index (κ1) is 9.35. The van der Waals surface area contributed by atoms with E-state index in [4.69, 9.17) is 4.74 Å². The van der Waals surface area contributed by atoms with E-state index >= 15 is 0 Å². The van der Waals surface area contributed by atoms with E-state index in [1.807, 2.05) is 0 Å². The van der Waals surface area contributed by atoms with Gasteiger partial charge in [0.05, 0.1) is 0 Å². The van der Waals surface area contributed by atoms with E-state index in [9.17, 15) is 0 Å². The fourth-order valence-electron chi connectivity index (χ4n) is 1.35. The van der Waals surface area contributed by atoms with Crippen LogP contribution in [0.25, 0.3) is 0 Å². The Morgan fingerprint density at radius 1 is 1.73 bits per heavy atom. The maximum absolute atomic E-state index is 5.25. The average Bonchev–Trinajstić information content (AvgIpc) is 2.05. The van der Waals surface area contributed by atoms with Crippen LogP contribution in [0.3, 0.4) is 0 Å². The Hall–Kier alpha value is 0.258. The Morgan fingerprint density at radius 3 is 2.91 bits per heavy atom. The van der Waals surface area contributed by atoms with Gasteiger partial charge in [0.15, 0.2) is 0 Å². The van der Waals surface area contributed by atoms with Crippen molar-refractivity contribution < 1.29 is 24.1 Å². The Morgan fingerprint density at radius 2 is 2.45 bits per heavy atom. The van der Waals surface area contributed by atoms with Gasteiger partial charge in [0.1, 0.15) is 0 Å². The second kappa shape index (κ2) is 4.33.